The minimum absolute atomic E-state index is 0.0909. The highest BCUT2D eigenvalue weighted by molar-refractivity contribution is 8.00. The van der Waals surface area contributed by atoms with Crippen molar-refractivity contribution in [3.05, 3.63) is 62.7 Å². The van der Waals surface area contributed by atoms with Crippen LogP contribution < -0.4 is 4.74 Å². The first-order valence-electron chi connectivity index (χ1n) is 7.14. The quantitative estimate of drug-likeness (QED) is 0.220. The molecule has 0 saturated carbocycles. The SMILES string of the molecule is CS(=O)(=O)c1ccc(SCC(=O)Oc2ccc([N+](=O)[O-])cc2)c([N+](=O)[O-])c1. The van der Waals surface area contributed by atoms with Gasteiger partial charge < -0.3 is 4.74 Å². The van der Waals surface area contributed by atoms with Gasteiger partial charge in [-0.05, 0) is 24.3 Å². The third-order valence-electron chi connectivity index (χ3n) is 3.18. The Morgan fingerprint density at radius 3 is 2.22 bits per heavy atom. The number of nitro groups is 2. The molecule has 2 rings (SSSR count). The summed E-state index contributed by atoms with van der Waals surface area (Å²) < 4.78 is 28.0. The van der Waals surface area contributed by atoms with E-state index in [2.05, 4.69) is 0 Å². The van der Waals surface area contributed by atoms with Crippen LogP contribution in [-0.4, -0.2) is 36.2 Å². The van der Waals surface area contributed by atoms with Crippen molar-refractivity contribution >= 4 is 38.9 Å². The number of rotatable bonds is 7. The highest BCUT2D eigenvalue weighted by atomic mass is 32.2. The first-order chi connectivity index (χ1) is 12.6. The maximum atomic E-state index is 11.9. The van der Waals surface area contributed by atoms with Gasteiger partial charge in [-0.25, -0.2) is 8.42 Å². The zero-order valence-corrected chi connectivity index (χ0v) is 15.4. The fourth-order valence-electron chi connectivity index (χ4n) is 1.93. The van der Waals surface area contributed by atoms with E-state index in [9.17, 15) is 33.4 Å². The summed E-state index contributed by atoms with van der Waals surface area (Å²) in [5.41, 5.74) is -0.600. The number of sulfone groups is 1. The molecule has 2 aromatic rings. The molecule has 0 saturated heterocycles. The van der Waals surface area contributed by atoms with E-state index in [0.717, 1.165) is 24.1 Å². The van der Waals surface area contributed by atoms with Crippen molar-refractivity contribution in [2.45, 2.75) is 9.79 Å². The number of ether oxygens (including phenoxy) is 1. The molecule has 0 fully saturated rings. The van der Waals surface area contributed by atoms with Gasteiger partial charge in [0.1, 0.15) is 5.75 Å². The molecule has 0 radical (unpaired) electrons. The molecule has 0 aromatic heterocycles. The molecule has 2 aromatic carbocycles. The molecule has 0 aliphatic carbocycles. The van der Waals surface area contributed by atoms with Crippen LogP contribution in [0.15, 0.2) is 52.3 Å². The van der Waals surface area contributed by atoms with Gasteiger partial charge in [0.05, 0.1) is 25.4 Å². The Kier molecular flexibility index (Phi) is 6.13. The Balaban J connectivity index is 2.08. The molecule has 27 heavy (non-hydrogen) atoms. The van der Waals surface area contributed by atoms with Gasteiger partial charge >= 0.3 is 5.97 Å². The second-order valence-electron chi connectivity index (χ2n) is 5.17. The second-order valence-corrected chi connectivity index (χ2v) is 8.21. The molecule has 0 amide bonds. The first kappa shape index (κ1) is 20.3. The van der Waals surface area contributed by atoms with Gasteiger partial charge in [-0.2, -0.15) is 0 Å². The summed E-state index contributed by atoms with van der Waals surface area (Å²) in [6, 6.07) is 8.24. The Morgan fingerprint density at radius 2 is 1.70 bits per heavy atom. The lowest BCUT2D eigenvalue weighted by molar-refractivity contribution is -0.388. The summed E-state index contributed by atoms with van der Waals surface area (Å²) in [6.07, 6.45) is 0.931. The summed E-state index contributed by atoms with van der Waals surface area (Å²) in [5, 5.41) is 21.7. The molecule has 0 bridgehead atoms. The van der Waals surface area contributed by atoms with Gasteiger partial charge in [-0.3, -0.25) is 25.0 Å². The van der Waals surface area contributed by atoms with Crippen molar-refractivity contribution in [3.8, 4) is 5.75 Å². The van der Waals surface area contributed by atoms with Crippen LogP contribution in [0.25, 0.3) is 0 Å². The van der Waals surface area contributed by atoms with E-state index in [1.54, 1.807) is 0 Å². The number of hydrogen-bond donors (Lipinski definition) is 0. The van der Waals surface area contributed by atoms with E-state index >= 15 is 0 Å². The fourth-order valence-corrected chi connectivity index (χ4v) is 3.34. The number of carbonyl (C=O) groups excluding carboxylic acids is 1. The van der Waals surface area contributed by atoms with Gasteiger partial charge in [0, 0.05) is 24.5 Å². The van der Waals surface area contributed by atoms with Gasteiger partial charge in [0.2, 0.25) is 0 Å². The first-order valence-corrected chi connectivity index (χ1v) is 10.0. The lowest BCUT2D eigenvalue weighted by atomic mass is 10.3. The van der Waals surface area contributed by atoms with E-state index in [0.29, 0.717) is 0 Å². The van der Waals surface area contributed by atoms with Gasteiger partial charge in [0.25, 0.3) is 11.4 Å². The topological polar surface area (TPSA) is 147 Å². The van der Waals surface area contributed by atoms with Crippen LogP contribution in [0.3, 0.4) is 0 Å². The molecule has 12 heteroatoms. The molecule has 142 valence electrons. The third-order valence-corrected chi connectivity index (χ3v) is 5.33. The molecule has 0 aliphatic rings. The number of thioether (sulfide) groups is 1. The number of carbonyl (C=O) groups is 1. The lowest BCUT2D eigenvalue weighted by Gasteiger charge is -2.06. The standard InChI is InChI=1S/C15H12N2O8S2/c1-27(23,24)12-6-7-14(13(8-12)17(21)22)26-9-15(18)25-11-4-2-10(3-5-11)16(19)20/h2-8H,9H2,1H3. The zero-order valence-electron chi connectivity index (χ0n) is 13.7. The van der Waals surface area contributed by atoms with Crippen molar-refractivity contribution in [2.75, 3.05) is 12.0 Å². The van der Waals surface area contributed by atoms with E-state index in [4.69, 9.17) is 4.74 Å². The molecule has 0 N–H and O–H groups in total. The van der Waals surface area contributed by atoms with E-state index in [-0.39, 0.29) is 27.0 Å². The molecule has 0 spiro atoms. The maximum absolute atomic E-state index is 11.9. The second kappa shape index (κ2) is 8.14. The fraction of sp³-hybridized carbons (Fsp3) is 0.133. The van der Waals surface area contributed by atoms with Crippen LogP contribution in [-0.2, 0) is 14.6 Å². The number of non-ortho nitro benzene ring substituents is 1. The molecular formula is C15H12N2O8S2. The van der Waals surface area contributed by atoms with Gasteiger partial charge in [-0.15, -0.1) is 11.8 Å². The minimum atomic E-state index is -3.61. The maximum Gasteiger partial charge on any atom is 0.321 e. The van der Waals surface area contributed by atoms with Crippen LogP contribution in [0.2, 0.25) is 0 Å². The lowest BCUT2D eigenvalue weighted by Crippen LogP contribution is -2.11. The van der Waals surface area contributed by atoms with Crippen molar-refractivity contribution in [2.24, 2.45) is 0 Å². The number of esters is 1. The molecule has 0 heterocycles. The smallest absolute Gasteiger partial charge is 0.321 e. The predicted molar refractivity (Wildman–Crippen MR) is 95.7 cm³/mol. The molecule has 0 unspecified atom stereocenters. The average Bonchev–Trinajstić information content (AvgIpc) is 2.59. The monoisotopic (exact) mass is 412 g/mol. The zero-order chi connectivity index (χ0) is 20.2. The van der Waals surface area contributed by atoms with Crippen LogP contribution in [0.4, 0.5) is 11.4 Å². The van der Waals surface area contributed by atoms with Crippen LogP contribution in [0, 0.1) is 20.2 Å². The highest BCUT2D eigenvalue weighted by Gasteiger charge is 2.20. The molecule has 0 aliphatic heterocycles. The Bertz CT molecular complexity index is 1000. The van der Waals surface area contributed by atoms with Gasteiger partial charge in [-0.1, -0.05) is 0 Å². The Hall–Kier alpha value is -2.99. The van der Waals surface area contributed by atoms with E-state index in [1.807, 2.05) is 0 Å². The minimum Gasteiger partial charge on any atom is -0.426 e. The number of nitrogens with zero attached hydrogens (tertiary/aromatic N) is 2. The normalized spacial score (nSPS) is 11.0. The van der Waals surface area contributed by atoms with Crippen molar-refractivity contribution in [1.82, 2.24) is 0 Å². The van der Waals surface area contributed by atoms with Crippen LogP contribution in [0.5, 0.6) is 5.75 Å². The summed E-state index contributed by atoms with van der Waals surface area (Å²) in [5.74, 6) is -0.917. The molecule has 10 nitrogen and oxygen atoms in total. The Morgan fingerprint density at radius 1 is 1.07 bits per heavy atom. The summed E-state index contributed by atoms with van der Waals surface area (Å²) >= 11 is 0.811. The number of nitro benzene ring substituents is 2. The average molecular weight is 412 g/mol. The van der Waals surface area contributed by atoms with Crippen molar-refractivity contribution in [3.63, 3.8) is 0 Å². The predicted octanol–water partition coefficient (Wildman–Crippen LogP) is 2.60. The summed E-state index contributed by atoms with van der Waals surface area (Å²) in [7, 11) is -3.61. The van der Waals surface area contributed by atoms with E-state index in [1.165, 1.54) is 36.4 Å². The van der Waals surface area contributed by atoms with Crippen molar-refractivity contribution in [1.29, 1.82) is 0 Å². The molecule has 0 atom stereocenters. The largest absolute Gasteiger partial charge is 0.426 e. The Labute approximate surface area is 157 Å². The number of hydrogen-bond acceptors (Lipinski definition) is 9. The highest BCUT2D eigenvalue weighted by Crippen LogP contribution is 2.31. The van der Waals surface area contributed by atoms with Crippen LogP contribution >= 0.6 is 11.8 Å². The van der Waals surface area contributed by atoms with Gasteiger partial charge in [0.15, 0.2) is 9.84 Å². The number of benzene rings is 2. The third kappa shape index (κ3) is 5.49. The summed E-state index contributed by atoms with van der Waals surface area (Å²) in [6.45, 7) is 0. The van der Waals surface area contributed by atoms with Crippen molar-refractivity contribution < 1.29 is 27.8 Å². The van der Waals surface area contributed by atoms with Crippen LogP contribution in [0.1, 0.15) is 0 Å². The van der Waals surface area contributed by atoms with E-state index < -0.39 is 31.3 Å². The molecular weight excluding hydrogens is 400 g/mol. The summed E-state index contributed by atoms with van der Waals surface area (Å²) in [4.78, 5) is 32.2.